The Morgan fingerprint density at radius 1 is 1.11 bits per heavy atom. The molecule has 1 aromatic carbocycles. The quantitative estimate of drug-likeness (QED) is 0.526. The molecular formula is C20H19NO4S2. The molecule has 3 heterocycles. The molecule has 0 radical (unpaired) electrons. The van der Waals surface area contributed by atoms with E-state index in [-0.39, 0.29) is 30.2 Å². The second-order valence-electron chi connectivity index (χ2n) is 8.33. The lowest BCUT2D eigenvalue weighted by Gasteiger charge is -2.53. The molecule has 2 saturated carbocycles. The predicted octanol–water partition coefficient (Wildman–Crippen LogP) is 3.88. The highest BCUT2D eigenvalue weighted by Crippen LogP contribution is 2.72. The molecule has 2 aliphatic carbocycles. The summed E-state index contributed by atoms with van der Waals surface area (Å²) in [6, 6.07) is 5.65. The Morgan fingerprint density at radius 3 is 2.59 bits per heavy atom. The summed E-state index contributed by atoms with van der Waals surface area (Å²) in [6.07, 6.45) is 0.413. The Kier molecular flexibility index (Phi) is 3.38. The van der Waals surface area contributed by atoms with Gasteiger partial charge >= 0.3 is 0 Å². The maximum Gasteiger partial charge on any atom is 0.239 e. The Balaban J connectivity index is 1.71. The van der Waals surface area contributed by atoms with E-state index in [4.69, 9.17) is 16.0 Å². The molecule has 0 aromatic heterocycles. The predicted molar refractivity (Wildman–Crippen MR) is 104 cm³/mol. The average molecular weight is 402 g/mol. The van der Waals surface area contributed by atoms with Crippen LogP contribution in [0.3, 0.4) is 0 Å². The van der Waals surface area contributed by atoms with Gasteiger partial charge in [0.2, 0.25) is 12.3 Å². The summed E-state index contributed by atoms with van der Waals surface area (Å²) in [5.74, 6) is 0.442. The van der Waals surface area contributed by atoms with Crippen LogP contribution in [-0.4, -0.2) is 33.4 Å². The zero-order valence-corrected chi connectivity index (χ0v) is 16.9. The summed E-state index contributed by atoms with van der Waals surface area (Å²) in [4.78, 5) is 31.0. The third-order valence-corrected chi connectivity index (χ3v) is 11.0. The van der Waals surface area contributed by atoms with Gasteiger partial charge in [0.25, 0.3) is 0 Å². The summed E-state index contributed by atoms with van der Waals surface area (Å²) >= 11 is 0. The lowest BCUT2D eigenvalue weighted by atomic mass is 9.64. The highest BCUT2D eigenvalue weighted by molar-refractivity contribution is 8.78. The van der Waals surface area contributed by atoms with Crippen LogP contribution in [0.5, 0.6) is 11.5 Å². The van der Waals surface area contributed by atoms with Gasteiger partial charge in [-0.15, -0.1) is 0 Å². The molecule has 7 heteroatoms. The van der Waals surface area contributed by atoms with E-state index in [0.29, 0.717) is 17.9 Å². The molecule has 6 atom stereocenters. The molecule has 0 amide bonds. The third-order valence-electron chi connectivity index (χ3n) is 6.91. The van der Waals surface area contributed by atoms with Crippen molar-refractivity contribution in [2.45, 2.75) is 48.1 Å². The van der Waals surface area contributed by atoms with Crippen LogP contribution in [0.2, 0.25) is 0 Å². The van der Waals surface area contributed by atoms with Crippen molar-refractivity contribution in [3.63, 3.8) is 0 Å². The normalized spacial score (nSPS) is 44.3. The number of carbonyl (C=O) groups excluding carboxylic acids is 2. The van der Waals surface area contributed by atoms with Crippen LogP contribution in [0.25, 0.3) is 4.85 Å². The van der Waals surface area contributed by atoms with Crippen LogP contribution in [0.15, 0.2) is 18.2 Å². The molecular weight excluding hydrogens is 382 g/mol. The monoisotopic (exact) mass is 401 g/mol. The van der Waals surface area contributed by atoms with Crippen molar-refractivity contribution in [3.05, 3.63) is 35.2 Å². The number of hydrogen-bond donors (Lipinski definition) is 0. The molecule has 27 heavy (non-hydrogen) atoms. The van der Waals surface area contributed by atoms with E-state index >= 15 is 0 Å². The first kappa shape index (κ1) is 17.4. The molecule has 0 N–H and O–H groups in total. The van der Waals surface area contributed by atoms with Gasteiger partial charge in [-0.25, -0.2) is 6.57 Å². The minimum Gasteiger partial charge on any atom is -0.454 e. The fourth-order valence-electron chi connectivity index (χ4n) is 5.29. The Morgan fingerprint density at radius 2 is 1.85 bits per heavy atom. The van der Waals surface area contributed by atoms with Crippen molar-refractivity contribution in [2.75, 3.05) is 6.79 Å². The smallest absolute Gasteiger partial charge is 0.239 e. The maximum absolute atomic E-state index is 13.6. The zero-order chi connectivity index (χ0) is 19.2. The van der Waals surface area contributed by atoms with Crippen LogP contribution >= 0.6 is 21.6 Å². The molecule has 3 aliphatic heterocycles. The van der Waals surface area contributed by atoms with Crippen LogP contribution < -0.4 is 9.47 Å². The van der Waals surface area contributed by atoms with E-state index in [1.54, 1.807) is 0 Å². The van der Waals surface area contributed by atoms with Crippen molar-refractivity contribution in [2.24, 2.45) is 11.8 Å². The van der Waals surface area contributed by atoms with Crippen molar-refractivity contribution in [1.29, 1.82) is 0 Å². The fourth-order valence-corrected chi connectivity index (χ4v) is 9.40. The van der Waals surface area contributed by atoms with Crippen LogP contribution in [-0.2, 0) is 9.59 Å². The number of nitrogens with zero attached hydrogens (tertiary/aromatic N) is 1. The van der Waals surface area contributed by atoms with Gasteiger partial charge in [-0.1, -0.05) is 34.6 Å². The van der Waals surface area contributed by atoms with Gasteiger partial charge in [0.05, 0.1) is 16.6 Å². The van der Waals surface area contributed by atoms with Gasteiger partial charge in [-0.2, -0.15) is 0 Å². The number of benzene rings is 1. The van der Waals surface area contributed by atoms with E-state index in [2.05, 4.69) is 4.85 Å². The first-order valence-electron chi connectivity index (χ1n) is 9.00. The fraction of sp³-hybridized carbons (Fsp3) is 0.550. The molecule has 140 valence electrons. The molecule has 2 unspecified atom stereocenters. The van der Waals surface area contributed by atoms with E-state index in [9.17, 15) is 9.59 Å². The van der Waals surface area contributed by atoms with E-state index in [1.807, 2.05) is 39.0 Å². The standard InChI is InChI=1S/C20H19NO4S2/c1-10-16(22)20-8-18(2,21-4)14(15(20)17(23)19(10,3)26-27-20)11-5-6-12-13(7-11)25-9-24-12/h5-7,10,14-15H,8-9H2,1-3H3/t10?,14-,15?,18+,19-,20-/m1/s1. The van der Waals surface area contributed by atoms with Crippen molar-refractivity contribution in [3.8, 4) is 11.5 Å². The highest BCUT2D eigenvalue weighted by Gasteiger charge is 2.78. The molecule has 2 saturated heterocycles. The number of hydrogen-bond acceptors (Lipinski definition) is 6. The minimum atomic E-state index is -0.813. The third kappa shape index (κ3) is 1.93. The summed E-state index contributed by atoms with van der Waals surface area (Å²) in [5, 5.41) is 0. The molecule has 4 fully saturated rings. The second-order valence-corrected chi connectivity index (χ2v) is 11.2. The number of carbonyl (C=O) groups is 2. The number of Topliss-reactive ketones (excluding diaryl/α,β-unsaturated/α-hetero) is 2. The lowest BCUT2D eigenvalue weighted by molar-refractivity contribution is -0.141. The van der Waals surface area contributed by atoms with Crippen LogP contribution in [0.1, 0.15) is 38.7 Å². The van der Waals surface area contributed by atoms with Gasteiger partial charge in [-0.05, 0) is 24.6 Å². The molecule has 5 nitrogen and oxygen atoms in total. The Bertz CT molecular complexity index is 942. The van der Waals surface area contributed by atoms with Crippen molar-refractivity contribution in [1.82, 2.24) is 0 Å². The van der Waals surface area contributed by atoms with Gasteiger partial charge in [0.15, 0.2) is 23.1 Å². The summed E-state index contributed by atoms with van der Waals surface area (Å²) in [6.45, 7) is 13.8. The first-order chi connectivity index (χ1) is 12.8. The van der Waals surface area contributed by atoms with E-state index in [0.717, 1.165) is 5.56 Å². The SMILES string of the molecule is [C-]#[N+][C@@]1(C)C[C@@]23SS[C@@](C)(C(=O)C2[C@H]1c1ccc2c(c1)OCO2)C(C)C3=O. The molecule has 2 bridgehead atoms. The van der Waals surface area contributed by atoms with Crippen LogP contribution in [0.4, 0.5) is 0 Å². The average Bonchev–Trinajstić information content (AvgIpc) is 3.23. The zero-order valence-electron chi connectivity index (χ0n) is 15.3. The largest absolute Gasteiger partial charge is 0.454 e. The molecule has 6 rings (SSSR count). The van der Waals surface area contributed by atoms with Gasteiger partial charge in [0, 0.05) is 19.3 Å². The van der Waals surface area contributed by atoms with Gasteiger partial charge in [0.1, 0.15) is 4.75 Å². The number of rotatable bonds is 1. The number of ketones is 2. The Labute approximate surface area is 165 Å². The number of fused-ring (bicyclic) bond motifs is 3. The van der Waals surface area contributed by atoms with Crippen molar-refractivity contribution < 1.29 is 19.1 Å². The van der Waals surface area contributed by atoms with Crippen LogP contribution in [0, 0.1) is 18.4 Å². The molecule has 5 aliphatic rings. The van der Waals surface area contributed by atoms with Gasteiger partial charge < -0.3 is 14.3 Å². The minimum absolute atomic E-state index is 0.119. The van der Waals surface area contributed by atoms with Gasteiger partial charge in [-0.3, -0.25) is 9.59 Å². The summed E-state index contributed by atoms with van der Waals surface area (Å²) < 4.78 is 9.39. The van der Waals surface area contributed by atoms with E-state index in [1.165, 1.54) is 21.6 Å². The van der Waals surface area contributed by atoms with E-state index < -0.39 is 21.0 Å². The Hall–Kier alpha value is -1.65. The first-order valence-corrected chi connectivity index (χ1v) is 11.2. The maximum atomic E-state index is 13.6. The molecule has 1 spiro atoms. The number of ether oxygens (including phenoxy) is 2. The summed E-state index contributed by atoms with van der Waals surface area (Å²) in [7, 11) is 3.06. The topological polar surface area (TPSA) is 57.0 Å². The lowest BCUT2D eigenvalue weighted by Crippen LogP contribution is -2.65. The highest BCUT2D eigenvalue weighted by atomic mass is 33.1. The summed E-state index contributed by atoms with van der Waals surface area (Å²) in [5.41, 5.74) is 0.0715. The van der Waals surface area contributed by atoms with Crippen molar-refractivity contribution >= 4 is 33.2 Å². The second kappa shape index (κ2) is 5.24. The molecule has 1 aromatic rings.